The predicted molar refractivity (Wildman–Crippen MR) is 54.6 cm³/mol. The van der Waals surface area contributed by atoms with Gasteiger partial charge in [0, 0.05) is 21.6 Å². The first-order chi connectivity index (χ1) is 6.97. The van der Waals surface area contributed by atoms with E-state index in [-0.39, 0.29) is 11.1 Å². The normalized spacial score (nSPS) is 12.1. The highest BCUT2D eigenvalue weighted by molar-refractivity contribution is 8.13. The van der Waals surface area contributed by atoms with Crippen LogP contribution in [0.15, 0.2) is 28.9 Å². The van der Waals surface area contributed by atoms with Crippen LogP contribution in [0.2, 0.25) is 0 Å². The molecule has 0 amide bonds. The summed E-state index contributed by atoms with van der Waals surface area (Å²) < 4.78 is 40.1. The Hall–Kier alpha value is -1.07. The smallest absolute Gasteiger partial charge is 0.237 e. The number of halogens is 2. The minimum Gasteiger partial charge on any atom is -0.464 e. The van der Waals surface area contributed by atoms with Gasteiger partial charge in [-0.3, -0.25) is 0 Å². The summed E-state index contributed by atoms with van der Waals surface area (Å²) in [6.45, 7) is 0. The molecule has 6 heteroatoms. The Morgan fingerprint density at radius 1 is 1.33 bits per heavy atom. The van der Waals surface area contributed by atoms with Gasteiger partial charge in [-0.1, -0.05) is 0 Å². The van der Waals surface area contributed by atoms with Gasteiger partial charge in [-0.2, -0.15) is 0 Å². The van der Waals surface area contributed by atoms with E-state index in [2.05, 4.69) is 0 Å². The average Bonchev–Trinajstić information content (AvgIpc) is 2.56. The summed E-state index contributed by atoms with van der Waals surface area (Å²) in [5.41, 5.74) is 0.187. The van der Waals surface area contributed by atoms with E-state index in [9.17, 15) is 12.8 Å². The zero-order valence-electron chi connectivity index (χ0n) is 7.41. The molecule has 0 aliphatic rings. The molecule has 0 spiro atoms. The fourth-order valence-corrected chi connectivity index (χ4v) is 2.32. The quantitative estimate of drug-likeness (QED) is 0.768. The van der Waals surface area contributed by atoms with E-state index in [0.717, 1.165) is 0 Å². The van der Waals surface area contributed by atoms with Crippen molar-refractivity contribution in [1.82, 2.24) is 0 Å². The van der Waals surface area contributed by atoms with Crippen LogP contribution in [0, 0.1) is 5.82 Å². The molecule has 0 bridgehead atoms. The van der Waals surface area contributed by atoms with Crippen LogP contribution >= 0.6 is 10.7 Å². The zero-order chi connectivity index (χ0) is 11.1. The number of fused-ring (bicyclic) bond motifs is 1. The third kappa shape index (κ3) is 2.13. The molecule has 0 radical (unpaired) electrons. The lowest BCUT2D eigenvalue weighted by Crippen LogP contribution is -1.98. The summed E-state index contributed by atoms with van der Waals surface area (Å²) in [6.07, 6.45) is 1.37. The van der Waals surface area contributed by atoms with Crippen molar-refractivity contribution in [2.75, 3.05) is 0 Å². The molecule has 0 fully saturated rings. The second kappa shape index (κ2) is 3.50. The second-order valence-electron chi connectivity index (χ2n) is 3.05. The number of hydrogen-bond donors (Lipinski definition) is 0. The van der Waals surface area contributed by atoms with Crippen LogP contribution < -0.4 is 0 Å². The van der Waals surface area contributed by atoms with E-state index in [4.69, 9.17) is 15.1 Å². The van der Waals surface area contributed by atoms with Gasteiger partial charge in [0.25, 0.3) is 0 Å². The Labute approximate surface area is 89.9 Å². The molecule has 2 rings (SSSR count). The fourth-order valence-electron chi connectivity index (χ4n) is 1.37. The molecule has 2 aromatic rings. The molecule has 1 aromatic carbocycles. The van der Waals surface area contributed by atoms with E-state index in [1.807, 2.05) is 0 Å². The summed E-state index contributed by atoms with van der Waals surface area (Å²) >= 11 is 0. The van der Waals surface area contributed by atoms with E-state index in [1.54, 1.807) is 6.07 Å². The first-order valence-electron chi connectivity index (χ1n) is 4.04. The molecular weight excluding hydrogens is 243 g/mol. The zero-order valence-corrected chi connectivity index (χ0v) is 8.98. The Bertz CT molecular complexity index is 603. The summed E-state index contributed by atoms with van der Waals surface area (Å²) in [5, 5.41) is 0.645. The van der Waals surface area contributed by atoms with Crippen molar-refractivity contribution in [3.63, 3.8) is 0 Å². The molecule has 80 valence electrons. The molecule has 1 heterocycles. The van der Waals surface area contributed by atoms with E-state index in [1.165, 1.54) is 18.4 Å². The maximum Gasteiger partial charge on any atom is 0.237 e. The molecule has 1 aromatic heterocycles. The molecule has 0 unspecified atom stereocenters. The van der Waals surface area contributed by atoms with E-state index >= 15 is 0 Å². The molecule has 0 aliphatic carbocycles. The van der Waals surface area contributed by atoms with Gasteiger partial charge in [0.1, 0.15) is 11.4 Å². The molecule has 0 N–H and O–H groups in total. The highest BCUT2D eigenvalue weighted by Crippen LogP contribution is 2.25. The van der Waals surface area contributed by atoms with Crippen LogP contribution in [0.3, 0.4) is 0 Å². The van der Waals surface area contributed by atoms with Crippen molar-refractivity contribution >= 4 is 30.7 Å². The Balaban J connectivity index is 2.67. The lowest BCUT2D eigenvalue weighted by Gasteiger charge is -2.01. The summed E-state index contributed by atoms with van der Waals surface area (Å²) in [6, 6.07) is 4.33. The number of rotatable bonds is 2. The van der Waals surface area contributed by atoms with Crippen LogP contribution in [0.1, 0.15) is 5.56 Å². The molecule has 3 nitrogen and oxygen atoms in total. The Morgan fingerprint density at radius 2 is 2.07 bits per heavy atom. The van der Waals surface area contributed by atoms with Gasteiger partial charge in [0.05, 0.1) is 12.0 Å². The van der Waals surface area contributed by atoms with Gasteiger partial charge in [0.15, 0.2) is 0 Å². The highest BCUT2D eigenvalue weighted by Gasteiger charge is 2.16. The van der Waals surface area contributed by atoms with Gasteiger partial charge in [-0.05, 0) is 18.2 Å². The summed E-state index contributed by atoms with van der Waals surface area (Å²) in [4.78, 5) is 0. The van der Waals surface area contributed by atoms with Crippen LogP contribution in [0.5, 0.6) is 0 Å². The monoisotopic (exact) mass is 248 g/mol. The molecule has 0 atom stereocenters. The Morgan fingerprint density at radius 3 is 2.73 bits per heavy atom. The second-order valence-corrected chi connectivity index (χ2v) is 5.83. The third-order valence-corrected chi connectivity index (χ3v) is 2.94. The fraction of sp³-hybridized carbons (Fsp3) is 0.111. The third-order valence-electron chi connectivity index (χ3n) is 1.98. The first kappa shape index (κ1) is 10.4. The first-order valence-corrected chi connectivity index (χ1v) is 6.52. The van der Waals surface area contributed by atoms with Crippen molar-refractivity contribution in [2.45, 2.75) is 5.75 Å². The number of hydrogen-bond acceptors (Lipinski definition) is 3. The molecule has 15 heavy (non-hydrogen) atoms. The number of furan rings is 1. The largest absolute Gasteiger partial charge is 0.464 e. The lowest BCUT2D eigenvalue weighted by atomic mass is 10.2. The van der Waals surface area contributed by atoms with Crippen LogP contribution in [0.25, 0.3) is 11.0 Å². The standard InChI is InChI=1S/C9H6ClFO3S/c10-15(12,13)5-7-8(11)2-1-6-3-4-14-9(6)7/h1-4H,5H2. The lowest BCUT2D eigenvalue weighted by molar-refractivity contribution is 0.581. The summed E-state index contributed by atoms with van der Waals surface area (Å²) in [7, 11) is 1.27. The van der Waals surface area contributed by atoms with Crippen molar-refractivity contribution in [3.8, 4) is 0 Å². The van der Waals surface area contributed by atoms with E-state index < -0.39 is 20.6 Å². The van der Waals surface area contributed by atoms with Crippen molar-refractivity contribution in [3.05, 3.63) is 35.8 Å². The van der Waals surface area contributed by atoms with Crippen molar-refractivity contribution < 1.29 is 17.2 Å². The highest BCUT2D eigenvalue weighted by atomic mass is 35.7. The van der Waals surface area contributed by atoms with Crippen molar-refractivity contribution in [1.29, 1.82) is 0 Å². The SMILES string of the molecule is O=S(=O)(Cl)Cc1c(F)ccc2ccoc12. The van der Waals surface area contributed by atoms with Crippen LogP contribution in [0.4, 0.5) is 4.39 Å². The maximum absolute atomic E-state index is 13.3. The van der Waals surface area contributed by atoms with Gasteiger partial charge >= 0.3 is 0 Å². The maximum atomic E-state index is 13.3. The predicted octanol–water partition coefficient (Wildman–Crippen LogP) is 2.64. The van der Waals surface area contributed by atoms with Gasteiger partial charge in [-0.15, -0.1) is 0 Å². The van der Waals surface area contributed by atoms with Crippen LogP contribution in [-0.2, 0) is 14.8 Å². The molecule has 0 aliphatic heterocycles. The van der Waals surface area contributed by atoms with Crippen molar-refractivity contribution in [2.24, 2.45) is 0 Å². The van der Waals surface area contributed by atoms with Gasteiger partial charge in [0.2, 0.25) is 9.05 Å². The molecule has 0 saturated heterocycles. The minimum absolute atomic E-state index is 0.0347. The topological polar surface area (TPSA) is 47.3 Å². The van der Waals surface area contributed by atoms with E-state index in [0.29, 0.717) is 5.39 Å². The average molecular weight is 249 g/mol. The molecular formula is C9H6ClFO3S. The Kier molecular flexibility index (Phi) is 2.44. The van der Waals surface area contributed by atoms with Crippen LogP contribution in [-0.4, -0.2) is 8.42 Å². The van der Waals surface area contributed by atoms with Gasteiger partial charge in [-0.25, -0.2) is 12.8 Å². The number of benzene rings is 1. The minimum atomic E-state index is -3.80. The van der Waals surface area contributed by atoms with Gasteiger partial charge < -0.3 is 4.42 Å². The molecule has 0 saturated carbocycles. The summed E-state index contributed by atoms with van der Waals surface area (Å²) in [5.74, 6) is -1.22.